The molecule has 0 saturated heterocycles. The first-order valence-corrected chi connectivity index (χ1v) is 13.5. The van der Waals surface area contributed by atoms with Crippen LogP contribution < -0.4 is 4.74 Å². The van der Waals surface area contributed by atoms with Gasteiger partial charge >= 0.3 is 6.18 Å². The molecule has 0 spiro atoms. The van der Waals surface area contributed by atoms with Crippen molar-refractivity contribution < 1.29 is 26.3 Å². The Hall–Kier alpha value is -3.31. The van der Waals surface area contributed by atoms with E-state index in [-0.39, 0.29) is 0 Å². The minimum atomic E-state index is -4.40. The molecule has 0 atom stereocenters. The van der Waals surface area contributed by atoms with Crippen molar-refractivity contribution in [3.8, 4) is 28.2 Å². The Morgan fingerprint density at radius 2 is 1.72 bits per heavy atom. The average Bonchev–Trinajstić information content (AvgIpc) is 2.84. The third-order valence-electron chi connectivity index (χ3n) is 5.55. The highest BCUT2D eigenvalue weighted by atomic mass is 32.2. The number of alkyl halides is 3. The second-order valence-electron chi connectivity index (χ2n) is 8.41. The lowest BCUT2D eigenvalue weighted by Crippen LogP contribution is -2.05. The van der Waals surface area contributed by atoms with Crippen LogP contribution in [-0.2, 0) is 35.3 Å². The van der Waals surface area contributed by atoms with Gasteiger partial charge in [0.1, 0.15) is 5.75 Å². The van der Waals surface area contributed by atoms with Crippen LogP contribution in [0.2, 0.25) is 0 Å². The summed E-state index contributed by atoms with van der Waals surface area (Å²) in [5.74, 6) is 3.48. The van der Waals surface area contributed by atoms with Gasteiger partial charge < -0.3 is 4.74 Å². The van der Waals surface area contributed by atoms with Crippen LogP contribution in [-0.4, -0.2) is 26.3 Å². The zero-order chi connectivity index (χ0) is 26.2. The summed E-state index contributed by atoms with van der Waals surface area (Å²) in [7, 11) is -3.29. The van der Waals surface area contributed by atoms with Crippen LogP contribution in [0.15, 0.2) is 60.8 Å². The second-order valence-corrected chi connectivity index (χ2v) is 10.2. The highest BCUT2D eigenvalue weighted by Gasteiger charge is 2.30. The normalized spacial score (nSPS) is 11.6. The van der Waals surface area contributed by atoms with Crippen LogP contribution in [0.1, 0.15) is 42.0 Å². The molecular weight excluding hydrogens is 487 g/mol. The number of hydrogen-bond donors (Lipinski definition) is 0. The Labute approximate surface area is 210 Å². The lowest BCUT2D eigenvalue weighted by atomic mass is 10.0. The van der Waals surface area contributed by atoms with Crippen molar-refractivity contribution in [2.75, 3.05) is 12.9 Å². The van der Waals surface area contributed by atoms with Crippen molar-refractivity contribution in [3.63, 3.8) is 0 Å². The molecule has 2 aromatic carbocycles. The summed E-state index contributed by atoms with van der Waals surface area (Å²) >= 11 is 0. The van der Waals surface area contributed by atoms with Crippen LogP contribution in [0, 0.1) is 11.2 Å². The van der Waals surface area contributed by atoms with Crippen molar-refractivity contribution >= 4 is 9.84 Å². The van der Waals surface area contributed by atoms with Gasteiger partial charge in [0.15, 0.2) is 0 Å². The van der Waals surface area contributed by atoms with E-state index in [0.29, 0.717) is 25.1 Å². The van der Waals surface area contributed by atoms with Crippen LogP contribution in [0.25, 0.3) is 11.3 Å². The van der Waals surface area contributed by atoms with Crippen LogP contribution in [0.3, 0.4) is 0 Å². The van der Waals surface area contributed by atoms with E-state index in [4.69, 9.17) is 4.74 Å². The summed E-state index contributed by atoms with van der Waals surface area (Å²) in [5.41, 5.74) is 3.87. The van der Waals surface area contributed by atoms with Crippen LogP contribution in [0.4, 0.5) is 13.2 Å². The standard InChI is InChI=1S/C28H28F3NO3S/c1-3-22-13-15-26(19-24(22)8-4-5-18-36(2,33)34)35-17-6-7-21-9-11-23(12-10-21)27-16-14-25(20-32-27)28(29,30)31/h9-16,19-20H,3-4,6-8,17H2,1-2H3. The van der Waals surface area contributed by atoms with Gasteiger partial charge in [-0.1, -0.05) is 43.2 Å². The minimum absolute atomic E-state index is 0.460. The molecule has 190 valence electrons. The van der Waals surface area contributed by atoms with Gasteiger partial charge in [-0.15, -0.1) is 0 Å². The molecule has 0 unspecified atom stereocenters. The van der Waals surface area contributed by atoms with Crippen LogP contribution >= 0.6 is 0 Å². The number of hydrogen-bond acceptors (Lipinski definition) is 4. The molecule has 3 aromatic rings. The molecule has 36 heavy (non-hydrogen) atoms. The third kappa shape index (κ3) is 8.42. The molecule has 4 nitrogen and oxygen atoms in total. The number of aromatic nitrogens is 1. The average molecular weight is 516 g/mol. The Balaban J connectivity index is 1.51. The number of halogens is 3. The predicted octanol–water partition coefficient (Wildman–Crippen LogP) is 6.28. The first-order chi connectivity index (χ1) is 17.0. The molecule has 1 aromatic heterocycles. The van der Waals surface area contributed by atoms with E-state index in [1.807, 2.05) is 42.5 Å². The van der Waals surface area contributed by atoms with Crippen molar-refractivity contribution in [2.45, 2.75) is 45.2 Å². The number of sulfone groups is 1. The molecule has 0 saturated carbocycles. The maximum Gasteiger partial charge on any atom is 0.417 e. The van der Waals surface area contributed by atoms with Gasteiger partial charge in [0.25, 0.3) is 0 Å². The topological polar surface area (TPSA) is 56.3 Å². The number of pyridine rings is 1. The molecule has 0 amide bonds. The lowest BCUT2D eigenvalue weighted by molar-refractivity contribution is -0.137. The number of ether oxygens (including phenoxy) is 1. The largest absolute Gasteiger partial charge is 0.494 e. The maximum absolute atomic E-state index is 12.7. The summed E-state index contributed by atoms with van der Waals surface area (Å²) in [6, 6.07) is 16.0. The first-order valence-electron chi connectivity index (χ1n) is 11.6. The molecular formula is C28H28F3NO3S. The second kappa shape index (κ2) is 12.1. The molecule has 1 heterocycles. The molecule has 0 radical (unpaired) electrons. The highest BCUT2D eigenvalue weighted by Crippen LogP contribution is 2.29. The lowest BCUT2D eigenvalue weighted by Gasteiger charge is -2.11. The van der Waals surface area contributed by atoms with Gasteiger partial charge in [-0.3, -0.25) is 4.98 Å². The molecule has 0 N–H and O–H groups in total. The maximum atomic E-state index is 12.7. The van der Waals surface area contributed by atoms with Crippen molar-refractivity contribution in [1.29, 1.82) is 0 Å². The summed E-state index contributed by atoms with van der Waals surface area (Å²) in [5, 5.41) is 2.27. The monoisotopic (exact) mass is 515 g/mol. The number of aryl methyl sites for hydroxylation is 3. The van der Waals surface area contributed by atoms with Gasteiger partial charge in [0.2, 0.25) is 9.84 Å². The van der Waals surface area contributed by atoms with Gasteiger partial charge in [0, 0.05) is 23.4 Å². The van der Waals surface area contributed by atoms with E-state index in [2.05, 4.69) is 23.1 Å². The summed E-state index contributed by atoms with van der Waals surface area (Å²) < 4.78 is 66.4. The van der Waals surface area contributed by atoms with E-state index in [0.717, 1.165) is 60.2 Å². The van der Waals surface area contributed by atoms with E-state index in [1.165, 1.54) is 11.6 Å². The fourth-order valence-corrected chi connectivity index (χ4v) is 4.05. The zero-order valence-corrected chi connectivity index (χ0v) is 21.0. The Morgan fingerprint density at radius 3 is 2.33 bits per heavy atom. The SMILES string of the molecule is CCc1ccc(OCCCc2ccc(-c3ccc(C(F)(F)F)cn3)cc2)cc1CCC#CS(C)(=O)=O. The summed E-state index contributed by atoms with van der Waals surface area (Å²) in [6.07, 6.45) is 1.12. The van der Waals surface area contributed by atoms with Gasteiger partial charge in [-0.05, 0) is 66.6 Å². The predicted molar refractivity (Wildman–Crippen MR) is 135 cm³/mol. The number of rotatable bonds is 9. The van der Waals surface area contributed by atoms with Gasteiger partial charge in [-0.25, -0.2) is 8.42 Å². The summed E-state index contributed by atoms with van der Waals surface area (Å²) in [4.78, 5) is 3.93. The smallest absolute Gasteiger partial charge is 0.417 e. The number of benzene rings is 2. The fraction of sp³-hybridized carbons (Fsp3) is 0.321. The molecule has 0 aliphatic rings. The first kappa shape index (κ1) is 27.3. The van der Waals surface area contributed by atoms with E-state index < -0.39 is 21.6 Å². The van der Waals surface area contributed by atoms with E-state index >= 15 is 0 Å². The molecule has 0 aliphatic heterocycles. The summed E-state index contributed by atoms with van der Waals surface area (Å²) in [6.45, 7) is 2.60. The van der Waals surface area contributed by atoms with Crippen molar-refractivity contribution in [2.24, 2.45) is 0 Å². The van der Waals surface area contributed by atoms with Crippen molar-refractivity contribution in [3.05, 3.63) is 83.0 Å². The van der Waals surface area contributed by atoms with Crippen molar-refractivity contribution in [1.82, 2.24) is 4.98 Å². The zero-order valence-electron chi connectivity index (χ0n) is 20.2. The van der Waals surface area contributed by atoms with Gasteiger partial charge in [-0.2, -0.15) is 13.2 Å². The molecule has 0 bridgehead atoms. The quantitative estimate of drug-likeness (QED) is 0.191. The number of nitrogens with zero attached hydrogens (tertiary/aromatic N) is 1. The Kier molecular flexibility index (Phi) is 9.16. The molecule has 8 heteroatoms. The highest BCUT2D eigenvalue weighted by molar-refractivity contribution is 7.95. The minimum Gasteiger partial charge on any atom is -0.494 e. The van der Waals surface area contributed by atoms with E-state index in [9.17, 15) is 21.6 Å². The van der Waals surface area contributed by atoms with Gasteiger partial charge in [0.05, 0.1) is 24.1 Å². The molecule has 0 fully saturated rings. The third-order valence-corrected chi connectivity index (χ3v) is 6.07. The molecule has 3 rings (SSSR count). The fourth-order valence-electron chi connectivity index (χ4n) is 3.69. The molecule has 0 aliphatic carbocycles. The Bertz CT molecular complexity index is 1320. The van der Waals surface area contributed by atoms with Crippen LogP contribution in [0.5, 0.6) is 5.75 Å². The van der Waals surface area contributed by atoms with E-state index in [1.54, 1.807) is 0 Å². The Morgan fingerprint density at radius 1 is 0.972 bits per heavy atom.